The fourth-order valence-electron chi connectivity index (χ4n) is 11.8. The van der Waals surface area contributed by atoms with E-state index in [0.29, 0.717) is 0 Å². The third-order valence-electron chi connectivity index (χ3n) is 15.2. The fourth-order valence-corrected chi connectivity index (χ4v) is 11.8. The minimum Gasteiger partial charge on any atom is -0.454 e. The molecule has 6 heteroatoms. The van der Waals surface area contributed by atoms with Crippen molar-refractivity contribution in [2.75, 3.05) is 9.80 Å². The van der Waals surface area contributed by atoms with Gasteiger partial charge in [0.1, 0.15) is 22.3 Å². The highest BCUT2D eigenvalue weighted by Gasteiger charge is 2.30. The predicted octanol–water partition coefficient (Wildman–Crippen LogP) is 20.7. The maximum absolute atomic E-state index is 7.25. The van der Waals surface area contributed by atoms with E-state index in [-0.39, 0.29) is 0 Å². The van der Waals surface area contributed by atoms with Crippen LogP contribution in [0.1, 0.15) is 0 Å². The highest BCUT2D eigenvalue weighted by atomic mass is 16.3. The fraction of sp³-hybridized carbons (Fsp3) is 0. The van der Waals surface area contributed by atoms with Crippen molar-refractivity contribution in [3.8, 4) is 22.3 Å². The first-order valence-corrected chi connectivity index (χ1v) is 25.6. The van der Waals surface area contributed by atoms with Crippen LogP contribution < -0.4 is 9.80 Å². The van der Waals surface area contributed by atoms with Gasteiger partial charge in [0.25, 0.3) is 0 Å². The van der Waals surface area contributed by atoms with Crippen LogP contribution in [0.3, 0.4) is 0 Å². The highest BCUT2D eigenvalue weighted by molar-refractivity contribution is 6.32. The van der Waals surface area contributed by atoms with E-state index in [1.54, 1.807) is 0 Å². The Morgan fingerprint density at radius 2 is 0.526 bits per heavy atom. The number of rotatable bonds is 8. The number of anilines is 6. The van der Waals surface area contributed by atoms with Crippen molar-refractivity contribution in [1.29, 1.82) is 0 Å². The maximum atomic E-state index is 7.25. The molecule has 0 saturated carbocycles. The SMILES string of the molecule is c1ccc(-c2ccc(N(c3cccc4c3oc3ccccc34)c3cc4c(cc(N(c5ccc(-c6ccccc6)cc5)c5cccc6c5oc5ccccc56)c5oc6ccccc6c54)c4c3oc3ccccc34)cc2)cc1. The molecule has 16 rings (SSSR count). The zero-order valence-corrected chi connectivity index (χ0v) is 40.8. The summed E-state index contributed by atoms with van der Waals surface area (Å²) < 4.78 is 28.3. The summed E-state index contributed by atoms with van der Waals surface area (Å²) in [4.78, 5) is 4.63. The van der Waals surface area contributed by atoms with Crippen LogP contribution in [0.15, 0.2) is 272 Å². The van der Waals surface area contributed by atoms with E-state index in [0.717, 1.165) is 155 Å². The Morgan fingerprint density at radius 3 is 0.934 bits per heavy atom. The van der Waals surface area contributed by atoms with Crippen molar-refractivity contribution in [2.24, 2.45) is 0 Å². The standard InChI is InChI=1S/C70H42N2O4/c1-3-17-43(18-4-1)45-33-37-47(38-34-45)71(57-27-15-25-51-49-21-7-11-29-61(49)73-67(51)57)59-41-55-56(65-53-23-9-13-31-63(53)75-69(59)65)42-60(70-66(55)54-24-10-14-32-64(54)76-70)72(48-39-35-46(36-40-48)44-19-5-2-6-20-44)58-28-16-26-52-50-22-8-12-30-62(50)74-68(52)58/h1-42H. The Kier molecular flexibility index (Phi) is 9.23. The van der Waals surface area contributed by atoms with E-state index in [9.17, 15) is 0 Å². The molecule has 0 atom stereocenters. The molecule has 0 fully saturated rings. The largest absolute Gasteiger partial charge is 0.454 e. The van der Waals surface area contributed by atoms with Gasteiger partial charge in [0.05, 0.1) is 22.7 Å². The van der Waals surface area contributed by atoms with Crippen molar-refractivity contribution in [3.63, 3.8) is 0 Å². The van der Waals surface area contributed by atoms with Crippen LogP contribution >= 0.6 is 0 Å². The van der Waals surface area contributed by atoms with Crippen molar-refractivity contribution in [2.45, 2.75) is 0 Å². The lowest BCUT2D eigenvalue weighted by Crippen LogP contribution is -2.12. The molecule has 4 aromatic heterocycles. The normalized spacial score (nSPS) is 11.9. The third kappa shape index (κ3) is 6.41. The van der Waals surface area contributed by atoms with E-state index in [1.807, 2.05) is 36.4 Å². The lowest BCUT2D eigenvalue weighted by Gasteiger charge is -2.28. The molecule has 6 nitrogen and oxygen atoms in total. The lowest BCUT2D eigenvalue weighted by atomic mass is 9.96. The lowest BCUT2D eigenvalue weighted by molar-refractivity contribution is 0.665. The van der Waals surface area contributed by atoms with Crippen LogP contribution in [0.4, 0.5) is 34.1 Å². The number of hydrogen-bond acceptors (Lipinski definition) is 6. The zero-order valence-electron chi connectivity index (χ0n) is 40.8. The molecular weight excluding hydrogens is 933 g/mol. The molecule has 0 spiro atoms. The summed E-state index contributed by atoms with van der Waals surface area (Å²) in [6, 6.07) is 89.4. The molecule has 0 N–H and O–H groups in total. The number of hydrogen-bond donors (Lipinski definition) is 0. The summed E-state index contributed by atoms with van der Waals surface area (Å²) in [7, 11) is 0. The van der Waals surface area contributed by atoms with Crippen LogP contribution in [-0.2, 0) is 0 Å². The van der Waals surface area contributed by atoms with Gasteiger partial charge in [0, 0.05) is 54.5 Å². The van der Waals surface area contributed by atoms with Crippen molar-refractivity contribution in [3.05, 3.63) is 255 Å². The number of benzene rings is 12. The van der Waals surface area contributed by atoms with Gasteiger partial charge in [-0.2, -0.15) is 0 Å². The summed E-state index contributed by atoms with van der Waals surface area (Å²) in [6.07, 6.45) is 0. The number of fused-ring (bicyclic) bond motifs is 15. The number of para-hydroxylation sites is 6. The first-order valence-electron chi connectivity index (χ1n) is 25.6. The second-order valence-corrected chi connectivity index (χ2v) is 19.5. The topological polar surface area (TPSA) is 59.0 Å². The second kappa shape index (κ2) is 16.6. The van der Waals surface area contributed by atoms with E-state index < -0.39 is 0 Å². The zero-order chi connectivity index (χ0) is 49.8. The average Bonchev–Trinajstić information content (AvgIpc) is 4.40. The molecule has 12 aromatic carbocycles. The van der Waals surface area contributed by atoms with Crippen LogP contribution in [0, 0.1) is 0 Å². The van der Waals surface area contributed by atoms with E-state index in [2.05, 4.69) is 228 Å². The minimum absolute atomic E-state index is 0.741. The molecular formula is C70H42N2O4. The van der Waals surface area contributed by atoms with Crippen LogP contribution in [0.5, 0.6) is 0 Å². The summed E-state index contributed by atoms with van der Waals surface area (Å²) in [5.74, 6) is 0. The summed E-state index contributed by atoms with van der Waals surface area (Å²) in [6.45, 7) is 0. The van der Waals surface area contributed by atoms with Crippen LogP contribution in [0.25, 0.3) is 121 Å². The highest BCUT2D eigenvalue weighted by Crippen LogP contribution is 2.54. The summed E-state index contributed by atoms with van der Waals surface area (Å²) >= 11 is 0. The van der Waals surface area contributed by atoms with Gasteiger partial charge in [-0.3, -0.25) is 0 Å². The van der Waals surface area contributed by atoms with Gasteiger partial charge < -0.3 is 27.5 Å². The van der Waals surface area contributed by atoms with E-state index in [1.165, 1.54) is 0 Å². The third-order valence-corrected chi connectivity index (χ3v) is 15.2. The molecule has 4 heterocycles. The van der Waals surface area contributed by atoms with Gasteiger partial charge in [-0.15, -0.1) is 0 Å². The van der Waals surface area contributed by atoms with Crippen LogP contribution in [0.2, 0.25) is 0 Å². The van der Waals surface area contributed by atoms with Gasteiger partial charge in [-0.1, -0.05) is 182 Å². The maximum Gasteiger partial charge on any atom is 0.160 e. The van der Waals surface area contributed by atoms with Crippen molar-refractivity contribution in [1.82, 2.24) is 0 Å². The first kappa shape index (κ1) is 42.2. The molecule has 0 unspecified atom stereocenters. The van der Waals surface area contributed by atoms with E-state index in [4.69, 9.17) is 17.7 Å². The van der Waals surface area contributed by atoms with Gasteiger partial charge >= 0.3 is 0 Å². The Bertz CT molecular complexity index is 4620. The molecule has 0 bridgehead atoms. The minimum atomic E-state index is 0.741. The number of furan rings is 4. The Hall–Kier alpha value is -10.3. The monoisotopic (exact) mass is 974 g/mol. The average molecular weight is 975 g/mol. The predicted molar refractivity (Wildman–Crippen MR) is 313 cm³/mol. The molecule has 0 aliphatic carbocycles. The molecule has 356 valence electrons. The smallest absolute Gasteiger partial charge is 0.160 e. The first-order chi connectivity index (χ1) is 37.7. The van der Waals surface area contributed by atoms with E-state index >= 15 is 0 Å². The van der Waals surface area contributed by atoms with Crippen molar-refractivity contribution >= 4 is 133 Å². The molecule has 0 aliphatic rings. The molecule has 0 amide bonds. The quantitative estimate of drug-likeness (QED) is 0.151. The summed E-state index contributed by atoms with van der Waals surface area (Å²) in [5.41, 5.74) is 16.2. The molecule has 0 radical (unpaired) electrons. The van der Waals surface area contributed by atoms with Gasteiger partial charge in [-0.05, 0) is 106 Å². The molecule has 16 aromatic rings. The van der Waals surface area contributed by atoms with Gasteiger partial charge in [-0.25, -0.2) is 0 Å². The Balaban J connectivity index is 1.03. The van der Waals surface area contributed by atoms with Gasteiger partial charge in [0.2, 0.25) is 0 Å². The number of nitrogens with zero attached hydrogens (tertiary/aromatic N) is 2. The van der Waals surface area contributed by atoms with Crippen LogP contribution in [-0.4, -0.2) is 0 Å². The Labute approximate surface area is 435 Å². The molecule has 0 saturated heterocycles. The Morgan fingerprint density at radius 1 is 0.211 bits per heavy atom. The van der Waals surface area contributed by atoms with Gasteiger partial charge in [0.15, 0.2) is 22.3 Å². The molecule has 0 aliphatic heterocycles. The molecule has 76 heavy (non-hydrogen) atoms. The summed E-state index contributed by atoms with van der Waals surface area (Å²) in [5, 5.41) is 10.2. The second-order valence-electron chi connectivity index (χ2n) is 19.5. The van der Waals surface area contributed by atoms with Crippen molar-refractivity contribution < 1.29 is 17.7 Å².